The number of nitrogens with two attached hydrogens (primary N) is 1. The van der Waals surface area contributed by atoms with E-state index in [1.54, 1.807) is 0 Å². The lowest BCUT2D eigenvalue weighted by Crippen LogP contribution is -2.47. The maximum absolute atomic E-state index is 13.8. The largest absolute Gasteiger partial charge is 0.367 e. The van der Waals surface area contributed by atoms with E-state index in [4.69, 9.17) is 5.73 Å². The van der Waals surface area contributed by atoms with E-state index < -0.39 is 11.6 Å². The van der Waals surface area contributed by atoms with Gasteiger partial charge in [-0.25, -0.2) is 8.78 Å². The van der Waals surface area contributed by atoms with Gasteiger partial charge in [0.1, 0.15) is 11.6 Å². The molecule has 3 rings (SSSR count). The maximum Gasteiger partial charge on any atom is 0.149 e. The zero-order valence-corrected chi connectivity index (χ0v) is 11.0. The van der Waals surface area contributed by atoms with Crippen molar-refractivity contribution < 1.29 is 8.78 Å². The molecule has 4 heteroatoms. The molecule has 1 saturated carbocycles. The average Bonchev–Trinajstić information content (AvgIpc) is 3.12. The van der Waals surface area contributed by atoms with Gasteiger partial charge < -0.3 is 10.6 Å². The molecule has 2 unspecified atom stereocenters. The van der Waals surface area contributed by atoms with Crippen molar-refractivity contribution >= 4 is 5.69 Å². The highest BCUT2D eigenvalue weighted by Crippen LogP contribution is 2.38. The van der Waals surface area contributed by atoms with Gasteiger partial charge in [-0.3, -0.25) is 0 Å². The summed E-state index contributed by atoms with van der Waals surface area (Å²) in [6.07, 6.45) is 4.89. The van der Waals surface area contributed by atoms with Gasteiger partial charge in [0.05, 0.1) is 5.69 Å². The molecule has 2 N–H and O–H groups in total. The van der Waals surface area contributed by atoms with Gasteiger partial charge in [-0.2, -0.15) is 0 Å². The predicted octanol–water partition coefficient (Wildman–Crippen LogP) is 2.92. The monoisotopic (exact) mass is 266 g/mol. The van der Waals surface area contributed by atoms with Crippen LogP contribution in [0, 0.1) is 23.5 Å². The van der Waals surface area contributed by atoms with Crippen LogP contribution in [0.4, 0.5) is 14.5 Å². The molecule has 2 fully saturated rings. The average molecular weight is 266 g/mol. The second kappa shape index (κ2) is 5.08. The fourth-order valence-corrected chi connectivity index (χ4v) is 3.18. The molecule has 0 amide bonds. The number of nitrogens with zero attached hydrogens (tertiary/aromatic N) is 1. The van der Waals surface area contributed by atoms with E-state index in [-0.39, 0.29) is 6.04 Å². The zero-order valence-electron chi connectivity index (χ0n) is 11.0. The Bertz CT molecular complexity index is 457. The van der Waals surface area contributed by atoms with Crippen LogP contribution in [0.3, 0.4) is 0 Å². The van der Waals surface area contributed by atoms with Crippen LogP contribution in [-0.4, -0.2) is 19.1 Å². The molecular formula is C15H20F2N2. The van der Waals surface area contributed by atoms with Crippen molar-refractivity contribution in [3.05, 3.63) is 29.8 Å². The van der Waals surface area contributed by atoms with Gasteiger partial charge in [0.15, 0.2) is 0 Å². The van der Waals surface area contributed by atoms with Gasteiger partial charge in [-0.1, -0.05) is 12.8 Å². The third kappa shape index (κ3) is 3.06. The normalized spacial score (nSPS) is 27.6. The van der Waals surface area contributed by atoms with E-state index >= 15 is 0 Å². The quantitative estimate of drug-likeness (QED) is 0.911. The number of rotatable bonds is 3. The molecule has 0 spiro atoms. The zero-order chi connectivity index (χ0) is 13.4. The molecule has 2 nitrogen and oxygen atoms in total. The topological polar surface area (TPSA) is 29.3 Å². The summed E-state index contributed by atoms with van der Waals surface area (Å²) in [5.41, 5.74) is 6.57. The molecule has 2 aliphatic rings. The van der Waals surface area contributed by atoms with Crippen LogP contribution in [-0.2, 0) is 0 Å². The molecule has 19 heavy (non-hydrogen) atoms. The van der Waals surface area contributed by atoms with E-state index in [0.29, 0.717) is 18.2 Å². The van der Waals surface area contributed by atoms with Crippen LogP contribution in [0.15, 0.2) is 18.2 Å². The first-order valence-electron chi connectivity index (χ1n) is 7.07. The number of hydrogen-bond acceptors (Lipinski definition) is 2. The van der Waals surface area contributed by atoms with Gasteiger partial charge in [0.2, 0.25) is 0 Å². The van der Waals surface area contributed by atoms with Gasteiger partial charge in [-0.15, -0.1) is 0 Å². The number of hydrogen-bond donors (Lipinski definition) is 1. The Hall–Kier alpha value is -1.16. The number of anilines is 1. The number of piperidine rings is 1. The summed E-state index contributed by atoms with van der Waals surface area (Å²) in [5, 5.41) is 0. The van der Waals surface area contributed by atoms with Crippen molar-refractivity contribution in [2.24, 2.45) is 17.6 Å². The smallest absolute Gasteiger partial charge is 0.149 e. The Morgan fingerprint density at radius 3 is 2.63 bits per heavy atom. The van der Waals surface area contributed by atoms with E-state index in [0.717, 1.165) is 24.9 Å². The molecule has 1 aliphatic carbocycles. The molecule has 0 bridgehead atoms. The second-order valence-corrected chi connectivity index (χ2v) is 6.04. The highest BCUT2D eigenvalue weighted by Gasteiger charge is 2.31. The second-order valence-electron chi connectivity index (χ2n) is 6.04. The van der Waals surface area contributed by atoms with Gasteiger partial charge in [-0.05, 0) is 36.8 Å². The highest BCUT2D eigenvalue weighted by molar-refractivity contribution is 5.48. The van der Waals surface area contributed by atoms with Crippen LogP contribution >= 0.6 is 0 Å². The van der Waals surface area contributed by atoms with Crippen molar-refractivity contribution in [1.82, 2.24) is 0 Å². The molecule has 1 saturated heterocycles. The first-order valence-corrected chi connectivity index (χ1v) is 7.07. The lowest BCUT2D eigenvalue weighted by Gasteiger charge is -2.38. The molecule has 2 atom stereocenters. The first kappa shape index (κ1) is 12.9. The summed E-state index contributed by atoms with van der Waals surface area (Å²) in [4.78, 5) is 1.98. The van der Waals surface area contributed by atoms with Crippen LogP contribution in [0.1, 0.15) is 25.7 Å². The summed E-state index contributed by atoms with van der Waals surface area (Å²) in [6.45, 7) is 1.50. The molecule has 0 radical (unpaired) electrons. The Morgan fingerprint density at radius 1 is 1.16 bits per heavy atom. The predicted molar refractivity (Wildman–Crippen MR) is 72.0 cm³/mol. The highest BCUT2D eigenvalue weighted by atomic mass is 19.1. The maximum atomic E-state index is 13.8. The molecule has 1 aromatic rings. The molecule has 0 aromatic heterocycles. The SMILES string of the molecule is NC1CC(CC2CC2)CN(c2ccc(F)cc2F)C1. The lowest BCUT2D eigenvalue weighted by atomic mass is 9.90. The molecule has 1 aliphatic heterocycles. The summed E-state index contributed by atoms with van der Waals surface area (Å²) in [7, 11) is 0. The summed E-state index contributed by atoms with van der Waals surface area (Å²) in [6, 6.07) is 3.87. The third-order valence-electron chi connectivity index (χ3n) is 4.18. The third-order valence-corrected chi connectivity index (χ3v) is 4.18. The van der Waals surface area contributed by atoms with Gasteiger partial charge in [0.25, 0.3) is 0 Å². The Balaban J connectivity index is 1.74. The minimum absolute atomic E-state index is 0.0851. The number of halogens is 2. The van der Waals surface area contributed by atoms with Crippen LogP contribution in [0.25, 0.3) is 0 Å². The molecule has 1 heterocycles. The van der Waals surface area contributed by atoms with Gasteiger partial charge >= 0.3 is 0 Å². The first-order chi connectivity index (χ1) is 9.11. The van der Waals surface area contributed by atoms with Crippen molar-refractivity contribution in [2.75, 3.05) is 18.0 Å². The van der Waals surface area contributed by atoms with Crippen LogP contribution in [0.2, 0.25) is 0 Å². The van der Waals surface area contributed by atoms with Crippen LogP contribution < -0.4 is 10.6 Å². The van der Waals surface area contributed by atoms with E-state index in [1.165, 1.54) is 31.4 Å². The molecule has 104 valence electrons. The fourth-order valence-electron chi connectivity index (χ4n) is 3.18. The van der Waals surface area contributed by atoms with E-state index in [2.05, 4.69) is 0 Å². The minimum atomic E-state index is -0.530. The Morgan fingerprint density at radius 2 is 1.95 bits per heavy atom. The van der Waals surface area contributed by atoms with Gasteiger partial charge in [0, 0.05) is 25.2 Å². The van der Waals surface area contributed by atoms with E-state index in [9.17, 15) is 8.78 Å². The fraction of sp³-hybridized carbons (Fsp3) is 0.600. The standard InChI is InChI=1S/C15H20F2N2/c16-12-3-4-15(14(17)7-12)19-8-11(5-10-1-2-10)6-13(18)9-19/h3-4,7,10-11,13H,1-2,5-6,8-9,18H2. The van der Waals surface area contributed by atoms with Crippen LogP contribution in [0.5, 0.6) is 0 Å². The summed E-state index contributed by atoms with van der Waals surface area (Å²) in [5.74, 6) is 0.382. The Labute approximate surface area is 112 Å². The summed E-state index contributed by atoms with van der Waals surface area (Å²) >= 11 is 0. The molecule has 1 aromatic carbocycles. The van der Waals surface area contributed by atoms with Crippen molar-refractivity contribution in [1.29, 1.82) is 0 Å². The minimum Gasteiger partial charge on any atom is -0.367 e. The summed E-state index contributed by atoms with van der Waals surface area (Å²) < 4.78 is 26.8. The van der Waals surface area contributed by atoms with Crippen molar-refractivity contribution in [2.45, 2.75) is 31.7 Å². The number of benzene rings is 1. The van der Waals surface area contributed by atoms with E-state index in [1.807, 2.05) is 4.90 Å². The van der Waals surface area contributed by atoms with Crippen molar-refractivity contribution in [3.63, 3.8) is 0 Å². The Kier molecular flexibility index (Phi) is 3.44. The van der Waals surface area contributed by atoms with Crippen molar-refractivity contribution in [3.8, 4) is 0 Å². The molecular weight excluding hydrogens is 246 g/mol. The lowest BCUT2D eigenvalue weighted by molar-refractivity contribution is 0.342.